The monoisotopic (exact) mass is 161 g/mol. The number of aliphatic hydroxyl groups is 2. The summed E-state index contributed by atoms with van der Waals surface area (Å²) >= 11 is 0. The molecule has 0 aliphatic rings. The molecule has 0 amide bonds. The first kappa shape index (κ1) is 10.9. The van der Waals surface area contributed by atoms with Crippen LogP contribution in [-0.2, 0) is 0 Å². The summed E-state index contributed by atoms with van der Waals surface area (Å²) in [5.41, 5.74) is 0. The molecule has 0 rings (SSSR count). The van der Waals surface area contributed by atoms with Gasteiger partial charge in [0.15, 0.2) is 0 Å². The van der Waals surface area contributed by atoms with Crippen LogP contribution in [0.15, 0.2) is 0 Å². The van der Waals surface area contributed by atoms with Crippen LogP contribution in [0.1, 0.15) is 19.8 Å². The molecular weight excluding hydrogens is 142 g/mol. The maximum atomic E-state index is 8.85. The van der Waals surface area contributed by atoms with Gasteiger partial charge in [0.25, 0.3) is 0 Å². The molecule has 0 saturated carbocycles. The zero-order valence-corrected chi connectivity index (χ0v) is 7.38. The Morgan fingerprint density at radius 3 is 2.09 bits per heavy atom. The molecule has 0 aromatic heterocycles. The highest BCUT2D eigenvalue weighted by Gasteiger charge is 2.16. The standard InChI is InChI=1S/C8H19NO2/c1-3-4-8(9-2)7(5-10)6-11/h7-11H,3-6H2,1-2H3/t8-/m0/s1. The average molecular weight is 161 g/mol. The number of hydrogen-bond acceptors (Lipinski definition) is 3. The molecule has 1 atom stereocenters. The van der Waals surface area contributed by atoms with Gasteiger partial charge in [-0.2, -0.15) is 0 Å². The van der Waals surface area contributed by atoms with Crippen LogP contribution >= 0.6 is 0 Å². The topological polar surface area (TPSA) is 52.5 Å². The summed E-state index contributed by atoms with van der Waals surface area (Å²) in [7, 11) is 1.86. The van der Waals surface area contributed by atoms with Gasteiger partial charge in [0.05, 0.1) is 0 Å². The molecule has 3 nitrogen and oxygen atoms in total. The normalized spacial score (nSPS) is 13.9. The number of nitrogens with one attached hydrogen (secondary N) is 1. The van der Waals surface area contributed by atoms with E-state index in [0.717, 1.165) is 12.8 Å². The zero-order valence-electron chi connectivity index (χ0n) is 7.38. The lowest BCUT2D eigenvalue weighted by Gasteiger charge is -2.22. The van der Waals surface area contributed by atoms with Gasteiger partial charge in [-0.3, -0.25) is 0 Å². The van der Waals surface area contributed by atoms with Crippen LogP contribution in [0.2, 0.25) is 0 Å². The molecular formula is C8H19NO2. The molecule has 0 aliphatic heterocycles. The van der Waals surface area contributed by atoms with Gasteiger partial charge in [0, 0.05) is 25.2 Å². The molecule has 68 valence electrons. The minimum Gasteiger partial charge on any atom is -0.396 e. The van der Waals surface area contributed by atoms with E-state index in [9.17, 15) is 0 Å². The maximum absolute atomic E-state index is 8.85. The third-order valence-corrected chi connectivity index (χ3v) is 2.01. The molecule has 0 aliphatic carbocycles. The Balaban J connectivity index is 3.76. The van der Waals surface area contributed by atoms with Crippen molar-refractivity contribution in [3.05, 3.63) is 0 Å². The minimum atomic E-state index is -0.0139. The summed E-state index contributed by atoms with van der Waals surface area (Å²) in [5, 5.41) is 20.8. The second-order valence-corrected chi connectivity index (χ2v) is 2.81. The van der Waals surface area contributed by atoms with E-state index in [-0.39, 0.29) is 25.2 Å². The van der Waals surface area contributed by atoms with E-state index in [1.807, 2.05) is 7.05 Å². The Morgan fingerprint density at radius 2 is 1.82 bits per heavy atom. The van der Waals surface area contributed by atoms with E-state index < -0.39 is 0 Å². The van der Waals surface area contributed by atoms with Gasteiger partial charge in [-0.25, -0.2) is 0 Å². The van der Waals surface area contributed by atoms with Gasteiger partial charge in [-0.1, -0.05) is 13.3 Å². The molecule has 11 heavy (non-hydrogen) atoms. The number of rotatable bonds is 6. The lowest BCUT2D eigenvalue weighted by atomic mass is 9.98. The van der Waals surface area contributed by atoms with Crippen LogP contribution in [0.3, 0.4) is 0 Å². The van der Waals surface area contributed by atoms with Gasteiger partial charge in [0.2, 0.25) is 0 Å². The van der Waals surface area contributed by atoms with Gasteiger partial charge >= 0.3 is 0 Å². The van der Waals surface area contributed by atoms with Crippen molar-refractivity contribution in [3.8, 4) is 0 Å². The second kappa shape index (κ2) is 6.58. The quantitative estimate of drug-likeness (QED) is 0.513. The van der Waals surface area contributed by atoms with Crippen LogP contribution in [-0.4, -0.2) is 36.5 Å². The van der Waals surface area contributed by atoms with Crippen LogP contribution in [0.4, 0.5) is 0 Å². The Labute approximate surface area is 68.4 Å². The van der Waals surface area contributed by atoms with E-state index in [1.165, 1.54) is 0 Å². The Hall–Kier alpha value is -0.120. The van der Waals surface area contributed by atoms with E-state index in [1.54, 1.807) is 0 Å². The first-order chi connectivity index (χ1) is 5.29. The maximum Gasteiger partial charge on any atom is 0.0496 e. The summed E-state index contributed by atoms with van der Waals surface area (Å²) in [6.07, 6.45) is 2.07. The van der Waals surface area contributed by atoms with Gasteiger partial charge in [0.1, 0.15) is 0 Å². The fourth-order valence-corrected chi connectivity index (χ4v) is 1.24. The third-order valence-electron chi connectivity index (χ3n) is 2.01. The van der Waals surface area contributed by atoms with Crippen LogP contribution in [0.25, 0.3) is 0 Å². The predicted molar refractivity (Wildman–Crippen MR) is 45.4 cm³/mol. The summed E-state index contributed by atoms with van der Waals surface area (Å²) < 4.78 is 0. The Bertz CT molecular complexity index is 84.2. The molecule has 3 heteroatoms. The summed E-state index contributed by atoms with van der Waals surface area (Å²) in [6.45, 7) is 2.21. The van der Waals surface area contributed by atoms with Crippen LogP contribution < -0.4 is 5.32 Å². The highest BCUT2D eigenvalue weighted by Crippen LogP contribution is 2.07. The van der Waals surface area contributed by atoms with Crippen LogP contribution in [0.5, 0.6) is 0 Å². The lowest BCUT2D eigenvalue weighted by Crippen LogP contribution is -2.37. The molecule has 0 saturated heterocycles. The smallest absolute Gasteiger partial charge is 0.0496 e. The van der Waals surface area contributed by atoms with E-state index in [2.05, 4.69) is 12.2 Å². The number of aliphatic hydroxyl groups excluding tert-OH is 2. The highest BCUT2D eigenvalue weighted by molar-refractivity contribution is 4.73. The van der Waals surface area contributed by atoms with Gasteiger partial charge in [-0.05, 0) is 13.5 Å². The van der Waals surface area contributed by atoms with Crippen molar-refractivity contribution in [2.75, 3.05) is 20.3 Å². The molecule has 3 N–H and O–H groups in total. The largest absolute Gasteiger partial charge is 0.396 e. The van der Waals surface area contributed by atoms with Crippen molar-refractivity contribution < 1.29 is 10.2 Å². The Kier molecular flexibility index (Phi) is 6.51. The molecule has 0 bridgehead atoms. The van der Waals surface area contributed by atoms with Crippen molar-refractivity contribution in [1.82, 2.24) is 5.32 Å². The molecule has 0 aromatic carbocycles. The van der Waals surface area contributed by atoms with Crippen molar-refractivity contribution >= 4 is 0 Å². The van der Waals surface area contributed by atoms with Crippen LogP contribution in [0, 0.1) is 5.92 Å². The summed E-state index contributed by atoms with van der Waals surface area (Å²) in [5.74, 6) is -0.0139. The van der Waals surface area contributed by atoms with Crippen molar-refractivity contribution in [2.24, 2.45) is 5.92 Å². The summed E-state index contributed by atoms with van der Waals surface area (Å²) in [6, 6.07) is 0.245. The van der Waals surface area contributed by atoms with E-state index in [0.29, 0.717) is 0 Å². The third kappa shape index (κ3) is 3.70. The predicted octanol–water partition coefficient (Wildman–Crippen LogP) is -0.0247. The number of hydrogen-bond donors (Lipinski definition) is 3. The molecule has 0 heterocycles. The van der Waals surface area contributed by atoms with Gasteiger partial charge < -0.3 is 15.5 Å². The molecule has 0 radical (unpaired) electrons. The van der Waals surface area contributed by atoms with Crippen molar-refractivity contribution in [2.45, 2.75) is 25.8 Å². The fraction of sp³-hybridized carbons (Fsp3) is 1.00. The average Bonchev–Trinajstić information content (AvgIpc) is 2.05. The zero-order chi connectivity index (χ0) is 8.69. The molecule has 0 fully saturated rings. The van der Waals surface area contributed by atoms with E-state index in [4.69, 9.17) is 10.2 Å². The van der Waals surface area contributed by atoms with Gasteiger partial charge in [-0.15, -0.1) is 0 Å². The van der Waals surface area contributed by atoms with E-state index >= 15 is 0 Å². The highest BCUT2D eigenvalue weighted by atomic mass is 16.3. The molecule has 0 unspecified atom stereocenters. The minimum absolute atomic E-state index is 0.0139. The molecule has 0 aromatic rings. The fourth-order valence-electron chi connectivity index (χ4n) is 1.24. The first-order valence-corrected chi connectivity index (χ1v) is 4.19. The lowest BCUT2D eigenvalue weighted by molar-refractivity contribution is 0.119. The SMILES string of the molecule is CCC[C@H](NC)C(CO)CO. The first-order valence-electron chi connectivity index (χ1n) is 4.19. The van der Waals surface area contributed by atoms with Crippen molar-refractivity contribution in [1.29, 1.82) is 0 Å². The Morgan fingerprint density at radius 1 is 1.27 bits per heavy atom. The summed E-state index contributed by atoms with van der Waals surface area (Å²) in [4.78, 5) is 0. The van der Waals surface area contributed by atoms with Crippen molar-refractivity contribution in [3.63, 3.8) is 0 Å². The second-order valence-electron chi connectivity index (χ2n) is 2.81. The molecule has 0 spiro atoms.